The highest BCUT2D eigenvalue weighted by atomic mass is 35.5. The van der Waals surface area contributed by atoms with Crippen molar-refractivity contribution in [2.75, 3.05) is 26.4 Å². The number of hydrogen-bond acceptors (Lipinski definition) is 28. The van der Waals surface area contributed by atoms with Gasteiger partial charge >= 0.3 is 41.2 Å². The number of ketones is 1. The number of H-pyrrole nitrogens is 5. The molecule has 0 amide bonds. The van der Waals surface area contributed by atoms with Gasteiger partial charge in [0.05, 0.1) is 49.2 Å². The van der Waals surface area contributed by atoms with Crippen molar-refractivity contribution in [2.24, 2.45) is 14.1 Å². The Hall–Kier alpha value is -11.4. The third kappa shape index (κ3) is 28.3. The minimum Gasteiger partial charge on any atom is -0.477 e. The second-order valence-electron chi connectivity index (χ2n) is 16.3. The zero-order chi connectivity index (χ0) is 68.3. The van der Waals surface area contributed by atoms with Gasteiger partial charge in [-0.15, -0.1) is 0 Å². The Morgan fingerprint density at radius 2 is 0.989 bits per heavy atom. The second kappa shape index (κ2) is 41.0. The van der Waals surface area contributed by atoms with E-state index in [-0.39, 0.29) is 81.4 Å². The number of aromatic nitrogens is 18. The van der Waals surface area contributed by atoms with Gasteiger partial charge in [0.15, 0.2) is 21.9 Å². The van der Waals surface area contributed by atoms with E-state index in [4.69, 9.17) is 61.6 Å². The lowest BCUT2D eigenvalue weighted by Gasteiger charge is -2.02. The number of carboxylic acids is 1. The summed E-state index contributed by atoms with van der Waals surface area (Å²) >= 11 is 21.8. The molecule has 0 atom stereocenters. The molecule has 0 fully saturated rings. The zero-order valence-corrected chi connectivity index (χ0v) is 52.3. The van der Waals surface area contributed by atoms with Gasteiger partial charge in [-0.05, 0) is 87.4 Å². The maximum Gasteiger partial charge on any atom is 0.357 e. The molecule has 40 heteroatoms. The molecule has 0 aromatic carbocycles. The van der Waals surface area contributed by atoms with E-state index in [1.165, 1.54) is 77.2 Å². The van der Waals surface area contributed by atoms with Gasteiger partial charge in [0.2, 0.25) is 10.6 Å². The van der Waals surface area contributed by atoms with Crippen molar-refractivity contribution in [2.45, 2.75) is 34.1 Å². The van der Waals surface area contributed by atoms with Crippen LogP contribution in [0, 0.1) is 4.77 Å². The second-order valence-corrected chi connectivity index (χ2v) is 17.7. The summed E-state index contributed by atoms with van der Waals surface area (Å²) < 4.78 is 21.6. The van der Waals surface area contributed by atoms with Gasteiger partial charge in [0.1, 0.15) is 54.0 Å². The summed E-state index contributed by atoms with van der Waals surface area (Å²) in [5.41, 5.74) is -0.995. The number of ether oxygens (including phenoxy) is 4. The first-order valence-electron chi connectivity index (χ1n) is 25.7. The fourth-order valence-corrected chi connectivity index (χ4v) is 6.59. The van der Waals surface area contributed by atoms with Crippen LogP contribution >= 0.6 is 47.0 Å². The standard InChI is InChI=1S/C9H7ClN4O.C9H8N4OS.C9H10N2O3.C7H6Cl2N2O2.C7H8N2O4.C7H8N2O2.C5H4N2O4.H2O/c1-14-8(15)4-7(13-9(14)10)6-2-3-11-5-12-6;1-13-8(14)4-7(12-9(13)15)6-2-3-10-5-11-6;1-2-14-9(13)5-8(12)7-3-4-10-6-11-7;1-2-13-6(12)4-3-5(8)11-7(9)10-4;1-2-13-6(11)4-3-5(10)9-7(12)8-4;1-2-11-7(10)6-3-4-8-5-9-6;8-3-1-2(4(9)10)6-5(11)7-3;/h2-5H,1H3;2-5H,1H3,(H,12,15);3-4,6H,2,5H2,1H3;3H,2H2,1H3;3H,2H2,1H3,(H2,8,9,10,12);3-5H,2H2,1H3;1H,(H,9,10)(H2,6,7,8,11);1H2. The van der Waals surface area contributed by atoms with Crippen LogP contribution in [0.4, 0.5) is 0 Å². The Morgan fingerprint density at radius 3 is 1.45 bits per heavy atom. The summed E-state index contributed by atoms with van der Waals surface area (Å²) in [4.78, 5) is 183. The molecule has 0 unspecified atom stereocenters. The summed E-state index contributed by atoms with van der Waals surface area (Å²) in [6.45, 7) is 7.86. The first kappa shape index (κ1) is 77.7. The van der Waals surface area contributed by atoms with Gasteiger partial charge in [0.25, 0.3) is 22.2 Å². The average Bonchev–Trinajstić information content (AvgIpc) is 0.962. The summed E-state index contributed by atoms with van der Waals surface area (Å²) in [5.74, 6) is -3.91. The van der Waals surface area contributed by atoms with Crippen LogP contribution < -0.4 is 33.6 Å². The van der Waals surface area contributed by atoms with Gasteiger partial charge in [-0.25, -0.2) is 83.6 Å². The van der Waals surface area contributed by atoms with Crippen LogP contribution in [-0.4, -0.2) is 162 Å². The minimum atomic E-state index is -1.34. The van der Waals surface area contributed by atoms with Crippen LogP contribution in [0.3, 0.4) is 0 Å². The summed E-state index contributed by atoms with van der Waals surface area (Å²) in [7, 11) is 3.17. The molecule has 0 aliphatic carbocycles. The largest absolute Gasteiger partial charge is 0.477 e. The van der Waals surface area contributed by atoms with E-state index in [0.717, 1.165) is 12.1 Å². The number of aromatic amines is 5. The fourth-order valence-electron chi connectivity index (χ4n) is 5.81. The van der Waals surface area contributed by atoms with Gasteiger partial charge in [-0.2, -0.15) is 0 Å². The van der Waals surface area contributed by atoms with E-state index in [1.54, 1.807) is 66.3 Å². The number of nitrogens with zero attached hydrogens (tertiary/aromatic N) is 13. The molecular weight excluding hydrogens is 1320 g/mol. The maximum atomic E-state index is 11.5. The van der Waals surface area contributed by atoms with Crippen molar-refractivity contribution in [1.82, 2.24) is 88.9 Å². The van der Waals surface area contributed by atoms with E-state index in [0.29, 0.717) is 39.8 Å². The lowest BCUT2D eigenvalue weighted by atomic mass is 10.2. The SMILES string of the molecule is CCOC(=O)CC(=O)c1ccncn1.CCOC(=O)c1cc(=O)[nH]c(=O)[nH]1.CCOC(=O)c1cc(Cl)nc(Cl)n1.CCOC(=O)c1ccncn1.Cn1c(=O)cc(-c2ccncn2)[nH]c1=S.Cn1c(Cl)nc(-c2ccncn2)cc1=O.O.O=C(O)c1cc(=O)[nH]c(=O)[nH]1. The fraction of sp³-hybridized carbons (Fsp3) is 0.208. The number of halogens is 3. The van der Waals surface area contributed by atoms with E-state index < -0.39 is 58.0 Å². The number of carbonyl (C=O) groups is 6. The third-order valence-corrected chi connectivity index (χ3v) is 10.9. The van der Waals surface area contributed by atoms with Crippen molar-refractivity contribution in [3.8, 4) is 22.8 Å². The van der Waals surface area contributed by atoms with Crippen molar-refractivity contribution in [3.05, 3.63) is 216 Å². The molecule has 9 heterocycles. The van der Waals surface area contributed by atoms with Crippen LogP contribution in [0.2, 0.25) is 15.7 Å². The van der Waals surface area contributed by atoms with Gasteiger partial charge in [-0.3, -0.25) is 47.9 Å². The van der Waals surface area contributed by atoms with Gasteiger partial charge < -0.3 is 44.5 Å². The Morgan fingerprint density at radius 1 is 0.516 bits per heavy atom. The van der Waals surface area contributed by atoms with Crippen LogP contribution in [0.15, 0.2) is 133 Å². The monoisotopic (exact) mass is 1370 g/mol. The maximum absolute atomic E-state index is 11.5. The number of carbonyl (C=O) groups excluding carboxylic acids is 5. The van der Waals surface area contributed by atoms with Crippen LogP contribution in [-0.2, 0) is 37.8 Å². The van der Waals surface area contributed by atoms with Crippen molar-refractivity contribution >= 4 is 82.7 Å². The van der Waals surface area contributed by atoms with E-state index in [2.05, 4.69) is 74.3 Å². The van der Waals surface area contributed by atoms with Crippen molar-refractivity contribution in [3.63, 3.8) is 0 Å². The molecule has 0 radical (unpaired) electrons. The molecule has 0 spiro atoms. The summed E-state index contributed by atoms with van der Waals surface area (Å²) in [6, 6.07) is 12.2. The normalized spacial score (nSPS) is 9.65. The van der Waals surface area contributed by atoms with Crippen LogP contribution in [0.1, 0.15) is 86.6 Å². The van der Waals surface area contributed by atoms with Gasteiger partial charge in [0, 0.05) is 69.2 Å². The predicted molar refractivity (Wildman–Crippen MR) is 329 cm³/mol. The third-order valence-electron chi connectivity index (χ3n) is 9.87. The van der Waals surface area contributed by atoms with Crippen molar-refractivity contribution in [1.29, 1.82) is 0 Å². The lowest BCUT2D eigenvalue weighted by Crippen LogP contribution is -2.25. The number of aromatic carboxylic acids is 1. The molecule has 0 aliphatic heterocycles. The molecular formula is C53H53Cl3N18O18S. The highest BCUT2D eigenvalue weighted by molar-refractivity contribution is 7.71. The molecule has 93 heavy (non-hydrogen) atoms. The molecule has 36 nitrogen and oxygen atoms in total. The molecule has 0 saturated heterocycles. The zero-order valence-electron chi connectivity index (χ0n) is 49.2. The van der Waals surface area contributed by atoms with E-state index in [9.17, 15) is 57.5 Å². The minimum absolute atomic E-state index is 0. The molecule has 8 N–H and O–H groups in total. The number of hydrogen-bond donors (Lipinski definition) is 6. The smallest absolute Gasteiger partial charge is 0.357 e. The predicted octanol–water partition coefficient (Wildman–Crippen LogP) is 2.19. The topological polar surface area (TPSA) is 524 Å². The molecule has 0 aliphatic rings. The van der Waals surface area contributed by atoms with E-state index in [1.807, 2.05) is 15.0 Å². The molecule has 0 saturated carbocycles. The number of Topliss-reactive ketones (excluding diaryl/α,β-unsaturated/α-hetero) is 1. The quantitative estimate of drug-likeness (QED) is 0.0183. The van der Waals surface area contributed by atoms with E-state index >= 15 is 0 Å². The molecule has 9 rings (SSSR count). The van der Waals surface area contributed by atoms with Crippen LogP contribution in [0.5, 0.6) is 0 Å². The summed E-state index contributed by atoms with van der Waals surface area (Å²) in [6.07, 6.45) is 11.2. The number of esters is 4. The summed E-state index contributed by atoms with van der Waals surface area (Å²) in [5, 5.41) is 8.49. The first-order chi connectivity index (χ1) is 43.8. The van der Waals surface area contributed by atoms with Crippen LogP contribution in [0.25, 0.3) is 22.8 Å². The Balaban J connectivity index is 0.000000370. The Labute approximate surface area is 540 Å². The molecule has 9 aromatic rings. The number of rotatable bonds is 13. The average molecular weight is 1370 g/mol. The molecule has 9 aromatic heterocycles. The Kier molecular flexibility index (Phi) is 34.2. The molecule has 490 valence electrons. The number of nitrogens with one attached hydrogen (secondary N) is 5. The first-order valence-corrected chi connectivity index (χ1v) is 27.2. The Bertz CT molecular complexity index is 4270. The number of carboxylic acid groups (broad SMARTS) is 1. The highest BCUT2D eigenvalue weighted by Crippen LogP contribution is 2.14. The highest BCUT2D eigenvalue weighted by Gasteiger charge is 2.14. The van der Waals surface area contributed by atoms with Crippen molar-refractivity contribution < 1.29 is 58.3 Å². The lowest BCUT2D eigenvalue weighted by molar-refractivity contribution is -0.142. The molecule has 0 bridgehead atoms. The van der Waals surface area contributed by atoms with Gasteiger partial charge in [-0.1, -0.05) is 11.6 Å².